The zero-order valence-electron chi connectivity index (χ0n) is 11.5. The first-order valence-electron chi connectivity index (χ1n) is 6.03. The summed E-state index contributed by atoms with van der Waals surface area (Å²) in [6, 6.07) is 1.84. The normalized spacial score (nSPS) is 9.95. The number of H-pyrrole nitrogens is 1. The summed E-state index contributed by atoms with van der Waals surface area (Å²) >= 11 is 0. The van der Waals surface area contributed by atoms with E-state index in [0.717, 1.165) is 11.3 Å². The van der Waals surface area contributed by atoms with Crippen LogP contribution in [0.4, 0.5) is 5.82 Å². The minimum atomic E-state index is -0.878. The van der Waals surface area contributed by atoms with Crippen LogP contribution in [0.3, 0.4) is 0 Å². The van der Waals surface area contributed by atoms with Crippen LogP contribution in [0.15, 0.2) is 12.4 Å². The van der Waals surface area contributed by atoms with E-state index < -0.39 is 11.8 Å². The number of aryl methyl sites for hydroxylation is 2. The van der Waals surface area contributed by atoms with Gasteiger partial charge in [0.1, 0.15) is 17.5 Å². The van der Waals surface area contributed by atoms with Crippen molar-refractivity contribution < 1.29 is 9.59 Å². The summed E-state index contributed by atoms with van der Waals surface area (Å²) < 4.78 is 1.63. The van der Waals surface area contributed by atoms with E-state index in [9.17, 15) is 9.59 Å². The topological polar surface area (TPSA) is 128 Å². The third-order valence-electron chi connectivity index (χ3n) is 2.76. The average molecular weight is 287 g/mol. The Morgan fingerprint density at radius 1 is 1.48 bits per heavy atom. The van der Waals surface area contributed by atoms with Crippen LogP contribution in [0, 0.1) is 18.3 Å². The third kappa shape index (κ3) is 3.24. The molecular formula is C12H13N7O2. The summed E-state index contributed by atoms with van der Waals surface area (Å²) in [5, 5.41) is 23.7. The van der Waals surface area contributed by atoms with Gasteiger partial charge in [-0.15, -0.1) is 0 Å². The second-order valence-corrected chi connectivity index (χ2v) is 4.32. The zero-order chi connectivity index (χ0) is 15.4. The Bertz CT molecular complexity index is 722. The SMILES string of the molecule is Cc1nn(C)cc1CNC(=O)C(=O)Nc1[nH]ncc1C#N. The Hall–Kier alpha value is -3.15. The maximum absolute atomic E-state index is 11.7. The monoisotopic (exact) mass is 287 g/mol. The number of rotatable bonds is 3. The molecule has 2 aromatic rings. The highest BCUT2D eigenvalue weighted by Crippen LogP contribution is 2.08. The van der Waals surface area contributed by atoms with E-state index >= 15 is 0 Å². The maximum Gasteiger partial charge on any atom is 0.314 e. The number of anilines is 1. The van der Waals surface area contributed by atoms with E-state index in [0.29, 0.717) is 0 Å². The largest absolute Gasteiger partial charge is 0.344 e. The van der Waals surface area contributed by atoms with Gasteiger partial charge in [-0.3, -0.25) is 19.4 Å². The molecule has 0 radical (unpaired) electrons. The van der Waals surface area contributed by atoms with Crippen molar-refractivity contribution >= 4 is 17.6 Å². The molecular weight excluding hydrogens is 274 g/mol. The molecule has 0 aliphatic heterocycles. The van der Waals surface area contributed by atoms with Crippen LogP contribution in [-0.4, -0.2) is 31.8 Å². The van der Waals surface area contributed by atoms with Gasteiger partial charge in [-0.1, -0.05) is 0 Å². The summed E-state index contributed by atoms with van der Waals surface area (Å²) in [5.74, 6) is -1.59. The number of carbonyl (C=O) groups is 2. The smallest absolute Gasteiger partial charge is 0.314 e. The predicted molar refractivity (Wildman–Crippen MR) is 71.7 cm³/mol. The molecule has 108 valence electrons. The van der Waals surface area contributed by atoms with Crippen molar-refractivity contribution in [2.45, 2.75) is 13.5 Å². The molecule has 0 saturated carbocycles. The fourth-order valence-corrected chi connectivity index (χ4v) is 1.71. The van der Waals surface area contributed by atoms with Crippen molar-refractivity contribution in [2.75, 3.05) is 5.32 Å². The molecule has 2 amide bonds. The summed E-state index contributed by atoms with van der Waals surface area (Å²) in [6.07, 6.45) is 3.02. The van der Waals surface area contributed by atoms with Crippen molar-refractivity contribution in [3.8, 4) is 6.07 Å². The molecule has 2 aromatic heterocycles. The second kappa shape index (κ2) is 5.87. The molecule has 2 rings (SSSR count). The molecule has 9 nitrogen and oxygen atoms in total. The molecule has 0 aliphatic carbocycles. The lowest BCUT2D eigenvalue weighted by Crippen LogP contribution is -2.35. The molecule has 0 unspecified atom stereocenters. The van der Waals surface area contributed by atoms with Gasteiger partial charge in [-0.2, -0.15) is 15.5 Å². The Labute approximate surface area is 119 Å². The fraction of sp³-hybridized carbons (Fsp3) is 0.250. The van der Waals surface area contributed by atoms with Gasteiger partial charge >= 0.3 is 11.8 Å². The number of hydrogen-bond acceptors (Lipinski definition) is 5. The molecule has 9 heteroatoms. The third-order valence-corrected chi connectivity index (χ3v) is 2.76. The number of carbonyl (C=O) groups excluding carboxylic acids is 2. The molecule has 0 atom stereocenters. The van der Waals surface area contributed by atoms with Crippen LogP contribution in [0.2, 0.25) is 0 Å². The first-order valence-corrected chi connectivity index (χ1v) is 6.03. The summed E-state index contributed by atoms with van der Waals surface area (Å²) in [7, 11) is 1.77. The van der Waals surface area contributed by atoms with Crippen LogP contribution in [0.25, 0.3) is 0 Å². The summed E-state index contributed by atoms with van der Waals surface area (Å²) in [5.41, 5.74) is 1.75. The van der Waals surface area contributed by atoms with Gasteiger partial charge in [0.05, 0.1) is 11.9 Å². The number of nitriles is 1. The lowest BCUT2D eigenvalue weighted by atomic mass is 10.2. The van der Waals surface area contributed by atoms with E-state index in [1.165, 1.54) is 6.20 Å². The molecule has 0 bridgehead atoms. The van der Waals surface area contributed by atoms with Crippen molar-refractivity contribution in [1.29, 1.82) is 5.26 Å². The van der Waals surface area contributed by atoms with E-state index in [4.69, 9.17) is 5.26 Å². The molecule has 0 fully saturated rings. The molecule has 21 heavy (non-hydrogen) atoms. The van der Waals surface area contributed by atoms with Gasteiger partial charge in [0.15, 0.2) is 0 Å². The highest BCUT2D eigenvalue weighted by Gasteiger charge is 2.16. The molecule has 0 saturated heterocycles. The van der Waals surface area contributed by atoms with Gasteiger partial charge in [0.25, 0.3) is 0 Å². The van der Waals surface area contributed by atoms with E-state index in [1.54, 1.807) is 17.9 Å². The molecule has 0 spiro atoms. The minimum absolute atomic E-state index is 0.0928. The first-order chi connectivity index (χ1) is 10.0. The maximum atomic E-state index is 11.7. The Balaban J connectivity index is 1.93. The number of hydrogen-bond donors (Lipinski definition) is 3. The van der Waals surface area contributed by atoms with Gasteiger partial charge in [0, 0.05) is 25.4 Å². The quantitative estimate of drug-likeness (QED) is 0.660. The van der Waals surface area contributed by atoms with Crippen LogP contribution in [-0.2, 0) is 23.2 Å². The van der Waals surface area contributed by atoms with Crippen molar-refractivity contribution in [3.63, 3.8) is 0 Å². The second-order valence-electron chi connectivity index (χ2n) is 4.32. The van der Waals surface area contributed by atoms with Crippen LogP contribution >= 0.6 is 0 Å². The van der Waals surface area contributed by atoms with E-state index in [2.05, 4.69) is 25.9 Å². The first kappa shape index (κ1) is 14.3. The van der Waals surface area contributed by atoms with Crippen molar-refractivity contribution in [1.82, 2.24) is 25.3 Å². The number of amides is 2. The highest BCUT2D eigenvalue weighted by molar-refractivity contribution is 6.39. The van der Waals surface area contributed by atoms with Crippen molar-refractivity contribution in [2.24, 2.45) is 7.05 Å². The van der Waals surface area contributed by atoms with Crippen LogP contribution in [0.1, 0.15) is 16.8 Å². The summed E-state index contributed by atoms with van der Waals surface area (Å²) in [4.78, 5) is 23.4. The standard InChI is InChI=1S/C12H13N7O2/c1-7-9(6-19(2)18-7)4-14-11(20)12(21)16-10-8(3-13)5-15-17-10/h5-6H,4H2,1-2H3,(H,14,20)(H2,15,16,17,21). The predicted octanol–water partition coefficient (Wildman–Crippen LogP) is -0.422. The molecule has 0 aromatic carbocycles. The van der Waals surface area contributed by atoms with Crippen LogP contribution in [0.5, 0.6) is 0 Å². The number of nitrogens with one attached hydrogen (secondary N) is 3. The van der Waals surface area contributed by atoms with Gasteiger partial charge in [-0.25, -0.2) is 0 Å². The van der Waals surface area contributed by atoms with Gasteiger partial charge < -0.3 is 10.6 Å². The zero-order valence-corrected chi connectivity index (χ0v) is 11.5. The molecule has 3 N–H and O–H groups in total. The van der Waals surface area contributed by atoms with E-state index in [-0.39, 0.29) is 17.9 Å². The van der Waals surface area contributed by atoms with Crippen molar-refractivity contribution in [3.05, 3.63) is 29.2 Å². The lowest BCUT2D eigenvalue weighted by molar-refractivity contribution is -0.136. The lowest BCUT2D eigenvalue weighted by Gasteiger charge is -2.04. The fourth-order valence-electron chi connectivity index (χ4n) is 1.71. The van der Waals surface area contributed by atoms with E-state index in [1.807, 2.05) is 13.0 Å². The van der Waals surface area contributed by atoms with Crippen LogP contribution < -0.4 is 10.6 Å². The van der Waals surface area contributed by atoms with Gasteiger partial charge in [-0.05, 0) is 6.92 Å². The Morgan fingerprint density at radius 2 is 2.24 bits per heavy atom. The minimum Gasteiger partial charge on any atom is -0.344 e. The Morgan fingerprint density at radius 3 is 2.86 bits per heavy atom. The highest BCUT2D eigenvalue weighted by atomic mass is 16.2. The number of aromatic amines is 1. The Kier molecular flexibility index (Phi) is 3.99. The average Bonchev–Trinajstić information content (AvgIpc) is 3.02. The molecule has 0 aliphatic rings. The number of nitrogens with zero attached hydrogens (tertiary/aromatic N) is 4. The van der Waals surface area contributed by atoms with Gasteiger partial charge in [0.2, 0.25) is 0 Å². The summed E-state index contributed by atoms with van der Waals surface area (Å²) in [6.45, 7) is 2.01. The number of aromatic nitrogens is 4. The molecule has 2 heterocycles.